The maximum atomic E-state index is 12.9. The highest BCUT2D eigenvalue weighted by atomic mass is 19.1. The number of halogens is 1. The van der Waals surface area contributed by atoms with Crippen LogP contribution in [-0.2, 0) is 0 Å². The van der Waals surface area contributed by atoms with Gasteiger partial charge >= 0.3 is 0 Å². The zero-order chi connectivity index (χ0) is 14.4. The number of carbonyl (C=O) groups excluding carboxylic acids is 1. The van der Waals surface area contributed by atoms with Crippen LogP contribution in [0.4, 0.5) is 4.39 Å². The van der Waals surface area contributed by atoms with Crippen LogP contribution in [0.1, 0.15) is 16.9 Å². The highest BCUT2D eigenvalue weighted by Gasteiger charge is 2.13. The number of pyridine rings is 1. The average Bonchev–Trinajstić information content (AvgIpc) is 2.45. The summed E-state index contributed by atoms with van der Waals surface area (Å²) in [6.07, 6.45) is 0.894. The summed E-state index contributed by atoms with van der Waals surface area (Å²) in [5, 5.41) is 2.77. The maximum Gasteiger partial charge on any atom is 0.269 e. The first-order valence-corrected chi connectivity index (χ1v) is 6.97. The van der Waals surface area contributed by atoms with Crippen molar-refractivity contribution >= 4 is 5.91 Å². The van der Waals surface area contributed by atoms with Gasteiger partial charge in [0, 0.05) is 32.7 Å². The number of carbonyl (C=O) groups is 1. The molecule has 0 unspecified atom stereocenters. The number of amides is 1. The van der Waals surface area contributed by atoms with Gasteiger partial charge in [-0.15, -0.1) is 0 Å². The fourth-order valence-corrected chi connectivity index (χ4v) is 2.20. The van der Waals surface area contributed by atoms with Gasteiger partial charge in [0.1, 0.15) is 5.69 Å². The van der Waals surface area contributed by atoms with E-state index in [9.17, 15) is 9.18 Å². The van der Waals surface area contributed by atoms with Crippen LogP contribution in [0.5, 0.6) is 0 Å². The molecule has 1 aliphatic heterocycles. The largest absolute Gasteiger partial charge is 0.351 e. The fraction of sp³-hybridized carbons (Fsp3) is 0.571. The zero-order valence-corrected chi connectivity index (χ0v) is 11.8. The van der Waals surface area contributed by atoms with Gasteiger partial charge in [-0.05, 0) is 32.1 Å². The predicted octanol–water partition coefficient (Wildman–Crippen LogP) is 0.588. The van der Waals surface area contributed by atoms with E-state index in [1.54, 1.807) is 0 Å². The number of hydrogen-bond donors (Lipinski definition) is 1. The van der Waals surface area contributed by atoms with Gasteiger partial charge in [-0.1, -0.05) is 6.07 Å². The van der Waals surface area contributed by atoms with E-state index in [2.05, 4.69) is 27.1 Å². The monoisotopic (exact) mass is 280 g/mol. The SMILES string of the molecule is CN1CCN(CCCNC(=O)c2cccc(F)n2)CC1. The second-order valence-corrected chi connectivity index (χ2v) is 5.10. The highest BCUT2D eigenvalue weighted by molar-refractivity contribution is 5.92. The summed E-state index contributed by atoms with van der Waals surface area (Å²) in [4.78, 5) is 20.0. The van der Waals surface area contributed by atoms with Gasteiger partial charge < -0.3 is 15.1 Å². The van der Waals surface area contributed by atoms with Crippen LogP contribution in [0.25, 0.3) is 0 Å². The van der Waals surface area contributed by atoms with Crippen molar-refractivity contribution in [1.29, 1.82) is 0 Å². The van der Waals surface area contributed by atoms with Crippen LogP contribution in [0.2, 0.25) is 0 Å². The fourth-order valence-electron chi connectivity index (χ4n) is 2.20. The van der Waals surface area contributed by atoms with Gasteiger partial charge in [0.15, 0.2) is 0 Å². The van der Waals surface area contributed by atoms with E-state index >= 15 is 0 Å². The van der Waals surface area contributed by atoms with E-state index in [1.165, 1.54) is 18.2 Å². The Kier molecular flexibility index (Phi) is 5.43. The molecule has 6 heteroatoms. The molecular formula is C14H21FN4O. The smallest absolute Gasteiger partial charge is 0.269 e. The van der Waals surface area contributed by atoms with Crippen LogP contribution in [0.3, 0.4) is 0 Å². The molecule has 1 fully saturated rings. The van der Waals surface area contributed by atoms with Crippen molar-refractivity contribution in [2.45, 2.75) is 6.42 Å². The first-order valence-electron chi connectivity index (χ1n) is 6.97. The van der Waals surface area contributed by atoms with Crippen LogP contribution < -0.4 is 5.32 Å². The molecule has 1 amide bonds. The van der Waals surface area contributed by atoms with E-state index in [-0.39, 0.29) is 11.6 Å². The summed E-state index contributed by atoms with van der Waals surface area (Å²) in [6, 6.07) is 4.23. The Bertz CT molecular complexity index is 447. The normalized spacial score (nSPS) is 17.1. The van der Waals surface area contributed by atoms with Gasteiger partial charge in [0.2, 0.25) is 5.95 Å². The third kappa shape index (κ3) is 4.54. The molecule has 2 rings (SSSR count). The lowest BCUT2D eigenvalue weighted by atomic mass is 10.3. The molecule has 0 aromatic carbocycles. The Hall–Kier alpha value is -1.53. The Balaban J connectivity index is 1.64. The van der Waals surface area contributed by atoms with E-state index in [1.807, 2.05) is 0 Å². The Morgan fingerprint density at radius 2 is 2.10 bits per heavy atom. The van der Waals surface area contributed by atoms with Gasteiger partial charge in [-0.3, -0.25) is 4.79 Å². The molecule has 0 bridgehead atoms. The van der Waals surface area contributed by atoms with Crippen molar-refractivity contribution in [3.63, 3.8) is 0 Å². The van der Waals surface area contributed by atoms with E-state index < -0.39 is 5.95 Å². The lowest BCUT2D eigenvalue weighted by Crippen LogP contribution is -2.45. The number of aromatic nitrogens is 1. The van der Waals surface area contributed by atoms with Crippen molar-refractivity contribution in [2.75, 3.05) is 46.3 Å². The maximum absolute atomic E-state index is 12.9. The third-order valence-corrected chi connectivity index (χ3v) is 3.48. The Labute approximate surface area is 118 Å². The van der Waals surface area contributed by atoms with Gasteiger partial charge in [0.05, 0.1) is 0 Å². The molecule has 1 saturated heterocycles. The summed E-state index contributed by atoms with van der Waals surface area (Å²) in [7, 11) is 2.13. The molecule has 0 atom stereocenters. The minimum atomic E-state index is -0.630. The topological polar surface area (TPSA) is 48.5 Å². The summed E-state index contributed by atoms with van der Waals surface area (Å²) in [5.74, 6) is -0.946. The molecule has 2 heterocycles. The summed E-state index contributed by atoms with van der Waals surface area (Å²) >= 11 is 0. The Morgan fingerprint density at radius 3 is 2.80 bits per heavy atom. The standard InChI is InChI=1S/C14H21FN4O/c1-18-8-10-19(11-9-18)7-3-6-16-14(20)12-4-2-5-13(15)17-12/h2,4-5H,3,6-11H2,1H3,(H,16,20). The van der Waals surface area contributed by atoms with Crippen molar-refractivity contribution in [3.8, 4) is 0 Å². The van der Waals surface area contributed by atoms with Crippen molar-refractivity contribution < 1.29 is 9.18 Å². The molecular weight excluding hydrogens is 259 g/mol. The molecule has 0 saturated carbocycles. The summed E-state index contributed by atoms with van der Waals surface area (Å²) < 4.78 is 12.9. The van der Waals surface area contributed by atoms with Crippen LogP contribution >= 0.6 is 0 Å². The highest BCUT2D eigenvalue weighted by Crippen LogP contribution is 2.00. The molecule has 1 aliphatic rings. The number of rotatable bonds is 5. The molecule has 20 heavy (non-hydrogen) atoms. The molecule has 0 radical (unpaired) electrons. The summed E-state index contributed by atoms with van der Waals surface area (Å²) in [6.45, 7) is 5.92. The molecule has 1 aromatic rings. The van der Waals surface area contributed by atoms with E-state index in [4.69, 9.17) is 0 Å². The van der Waals surface area contributed by atoms with Crippen LogP contribution in [-0.4, -0.2) is 67.0 Å². The van der Waals surface area contributed by atoms with Crippen molar-refractivity contribution in [2.24, 2.45) is 0 Å². The first-order chi connectivity index (χ1) is 9.65. The third-order valence-electron chi connectivity index (χ3n) is 3.48. The second-order valence-electron chi connectivity index (χ2n) is 5.10. The summed E-state index contributed by atoms with van der Waals surface area (Å²) in [5.41, 5.74) is 0.129. The lowest BCUT2D eigenvalue weighted by molar-refractivity contribution is 0.0943. The van der Waals surface area contributed by atoms with Crippen molar-refractivity contribution in [1.82, 2.24) is 20.1 Å². The predicted molar refractivity (Wildman–Crippen MR) is 75.1 cm³/mol. The minimum Gasteiger partial charge on any atom is -0.351 e. The average molecular weight is 280 g/mol. The van der Waals surface area contributed by atoms with Gasteiger partial charge in [-0.25, -0.2) is 4.98 Å². The molecule has 110 valence electrons. The van der Waals surface area contributed by atoms with Gasteiger partial charge in [0.25, 0.3) is 5.91 Å². The first kappa shape index (κ1) is 14.9. The minimum absolute atomic E-state index is 0.129. The number of likely N-dealkylation sites (N-methyl/N-ethyl adjacent to an activating group) is 1. The second kappa shape index (κ2) is 7.31. The van der Waals surface area contributed by atoms with Gasteiger partial charge in [-0.2, -0.15) is 4.39 Å². The number of nitrogens with zero attached hydrogens (tertiary/aromatic N) is 3. The number of hydrogen-bond acceptors (Lipinski definition) is 4. The van der Waals surface area contributed by atoms with Crippen LogP contribution in [0.15, 0.2) is 18.2 Å². The van der Waals surface area contributed by atoms with Crippen molar-refractivity contribution in [3.05, 3.63) is 29.8 Å². The van der Waals surface area contributed by atoms with Crippen LogP contribution in [0, 0.1) is 5.95 Å². The Morgan fingerprint density at radius 1 is 1.35 bits per heavy atom. The number of piperazine rings is 1. The van der Waals surface area contributed by atoms with E-state index in [0.29, 0.717) is 6.54 Å². The quantitative estimate of drug-likeness (QED) is 0.633. The van der Waals surface area contributed by atoms with E-state index in [0.717, 1.165) is 39.1 Å². The zero-order valence-electron chi connectivity index (χ0n) is 11.8. The molecule has 0 aliphatic carbocycles. The lowest BCUT2D eigenvalue weighted by Gasteiger charge is -2.32. The molecule has 1 aromatic heterocycles. The molecule has 5 nitrogen and oxygen atoms in total. The molecule has 1 N–H and O–H groups in total. The number of nitrogens with one attached hydrogen (secondary N) is 1. The molecule has 0 spiro atoms.